The fourth-order valence-corrected chi connectivity index (χ4v) is 4.66. The van der Waals surface area contributed by atoms with Gasteiger partial charge in [-0.25, -0.2) is 0 Å². The minimum Gasteiger partial charge on any atom is -0.483 e. The maximum absolute atomic E-state index is 13.2. The van der Waals surface area contributed by atoms with Gasteiger partial charge in [-0.15, -0.1) is 0 Å². The number of carbonyl (C=O) groups is 2. The van der Waals surface area contributed by atoms with Gasteiger partial charge in [-0.3, -0.25) is 19.4 Å². The van der Waals surface area contributed by atoms with Crippen molar-refractivity contribution in [2.75, 3.05) is 13.1 Å². The maximum atomic E-state index is 13.2. The van der Waals surface area contributed by atoms with Gasteiger partial charge in [0.15, 0.2) is 17.2 Å². The van der Waals surface area contributed by atoms with Gasteiger partial charge >= 0.3 is 0 Å². The fraction of sp³-hybridized carbons (Fsp3) is 0.500. The van der Waals surface area contributed by atoms with Gasteiger partial charge in [0.2, 0.25) is 0 Å². The highest BCUT2D eigenvalue weighted by Gasteiger charge is 2.45. The van der Waals surface area contributed by atoms with Gasteiger partial charge in [-0.2, -0.15) is 10.2 Å². The number of nitrogens with zero attached hydrogens (tertiary/aromatic N) is 4. The highest BCUT2D eigenvalue weighted by Crippen LogP contribution is 2.40. The number of amides is 1. The Kier molecular flexibility index (Phi) is 4.65. The van der Waals surface area contributed by atoms with E-state index in [2.05, 4.69) is 22.2 Å². The summed E-state index contributed by atoms with van der Waals surface area (Å²) in [5, 5.41) is 12.8. The van der Waals surface area contributed by atoms with Crippen molar-refractivity contribution in [3.63, 3.8) is 0 Å². The van der Waals surface area contributed by atoms with Gasteiger partial charge in [0, 0.05) is 42.6 Å². The zero-order valence-corrected chi connectivity index (χ0v) is 19.1. The lowest BCUT2D eigenvalue weighted by Crippen LogP contribution is -2.52. The average molecular weight is 436 g/mol. The lowest BCUT2D eigenvalue weighted by atomic mass is 9.83. The lowest BCUT2D eigenvalue weighted by molar-refractivity contribution is -0.00585. The second kappa shape index (κ2) is 7.18. The van der Waals surface area contributed by atoms with E-state index in [0.717, 1.165) is 23.0 Å². The second-order valence-corrected chi connectivity index (χ2v) is 9.92. The highest BCUT2D eigenvalue weighted by molar-refractivity contribution is 5.99. The summed E-state index contributed by atoms with van der Waals surface area (Å²) in [5.41, 5.74) is 2.21. The molecule has 1 aromatic carbocycles. The molecular formula is C24H29N5O3. The number of aromatic amines is 1. The van der Waals surface area contributed by atoms with E-state index in [4.69, 9.17) is 4.74 Å². The molecule has 2 aliphatic rings. The number of hydrogen-bond acceptors (Lipinski definition) is 5. The normalized spacial score (nSPS) is 18.1. The van der Waals surface area contributed by atoms with Crippen LogP contribution in [0.4, 0.5) is 0 Å². The van der Waals surface area contributed by atoms with Crippen molar-refractivity contribution < 1.29 is 14.3 Å². The number of fused-ring (bicyclic) bond motifs is 2. The van der Waals surface area contributed by atoms with Crippen molar-refractivity contribution >= 4 is 22.6 Å². The number of aromatic nitrogens is 4. The number of H-pyrrole nitrogens is 1. The van der Waals surface area contributed by atoms with Crippen LogP contribution in [0.25, 0.3) is 10.9 Å². The van der Waals surface area contributed by atoms with Crippen LogP contribution >= 0.6 is 0 Å². The Labute approximate surface area is 186 Å². The van der Waals surface area contributed by atoms with Crippen molar-refractivity contribution in [3.05, 3.63) is 41.3 Å². The lowest BCUT2D eigenvalue weighted by Gasteiger charge is -2.43. The fourth-order valence-electron chi connectivity index (χ4n) is 4.66. The number of carbonyl (C=O) groups excluding carboxylic acids is 2. The van der Waals surface area contributed by atoms with Crippen LogP contribution < -0.4 is 4.74 Å². The highest BCUT2D eigenvalue weighted by atomic mass is 16.5. The molecule has 1 saturated heterocycles. The number of nitrogens with one attached hydrogen (secondary N) is 1. The molecule has 0 atom stereocenters. The molecule has 5 rings (SSSR count). The summed E-state index contributed by atoms with van der Waals surface area (Å²) in [6.07, 6.45) is 4.22. The summed E-state index contributed by atoms with van der Waals surface area (Å²) in [5.74, 6) is 0.591. The number of aryl methyl sites for hydroxylation is 1. The molecule has 168 valence electrons. The van der Waals surface area contributed by atoms with Crippen molar-refractivity contribution in [1.82, 2.24) is 24.9 Å². The summed E-state index contributed by atoms with van der Waals surface area (Å²) in [6.45, 7) is 9.30. The number of benzene rings is 1. The molecule has 32 heavy (non-hydrogen) atoms. The number of Topliss-reactive ketones (excluding diaryl/α,β-unsaturated/α-hetero) is 1. The van der Waals surface area contributed by atoms with Crippen molar-refractivity contribution in [1.29, 1.82) is 0 Å². The van der Waals surface area contributed by atoms with E-state index in [9.17, 15) is 9.59 Å². The second-order valence-electron chi connectivity index (χ2n) is 9.92. The Hall–Kier alpha value is -3.16. The summed E-state index contributed by atoms with van der Waals surface area (Å²) in [4.78, 5) is 27.9. The molecule has 4 heterocycles. The van der Waals surface area contributed by atoms with Crippen LogP contribution in [0.15, 0.2) is 24.4 Å². The van der Waals surface area contributed by atoms with Gasteiger partial charge in [0.05, 0.1) is 23.7 Å². The topological polar surface area (TPSA) is 93.1 Å². The van der Waals surface area contributed by atoms with Gasteiger partial charge in [0.25, 0.3) is 5.91 Å². The van der Waals surface area contributed by atoms with Crippen molar-refractivity contribution in [2.24, 2.45) is 0 Å². The molecule has 3 aromatic rings. The third kappa shape index (κ3) is 3.38. The molecule has 1 amide bonds. The third-order valence-electron chi connectivity index (χ3n) is 6.64. The first-order valence-electron chi connectivity index (χ1n) is 11.3. The summed E-state index contributed by atoms with van der Waals surface area (Å²) >= 11 is 0. The Morgan fingerprint density at radius 3 is 2.69 bits per heavy atom. The van der Waals surface area contributed by atoms with Crippen LogP contribution in [0, 0.1) is 0 Å². The third-order valence-corrected chi connectivity index (χ3v) is 6.64. The van der Waals surface area contributed by atoms with E-state index < -0.39 is 5.60 Å². The molecule has 2 aliphatic heterocycles. The molecule has 0 radical (unpaired) electrons. The zero-order valence-electron chi connectivity index (χ0n) is 19.1. The van der Waals surface area contributed by atoms with Gasteiger partial charge in [-0.05, 0) is 45.4 Å². The maximum Gasteiger partial charge on any atom is 0.253 e. The smallest absolute Gasteiger partial charge is 0.253 e. The summed E-state index contributed by atoms with van der Waals surface area (Å²) in [6, 6.07) is 5.66. The van der Waals surface area contributed by atoms with Crippen LogP contribution in [0.2, 0.25) is 0 Å². The first-order chi connectivity index (χ1) is 15.2. The molecule has 2 aromatic heterocycles. The van der Waals surface area contributed by atoms with Crippen molar-refractivity contribution in [3.8, 4) is 5.75 Å². The Balaban J connectivity index is 1.32. The number of likely N-dealkylation sites (tertiary alicyclic amines) is 1. The molecule has 0 unspecified atom stereocenters. The van der Waals surface area contributed by atoms with Crippen molar-refractivity contribution in [2.45, 2.75) is 64.5 Å². The van der Waals surface area contributed by atoms with E-state index in [-0.39, 0.29) is 17.2 Å². The number of ether oxygens (including phenoxy) is 1. The molecule has 0 bridgehead atoms. The monoisotopic (exact) mass is 435 g/mol. The molecule has 0 saturated carbocycles. The molecule has 1 N–H and O–H groups in total. The SMILES string of the molecule is CCc1[nH]nc2ccc(C(=O)N3CCC4(CC3)CC(=O)c3nn(C(C)(C)C)cc3O4)cc12. The molecule has 0 aliphatic carbocycles. The van der Waals surface area contributed by atoms with Crippen LogP contribution in [0.3, 0.4) is 0 Å². The quantitative estimate of drug-likeness (QED) is 0.662. The minimum absolute atomic E-state index is 0.00776. The van der Waals surface area contributed by atoms with Gasteiger partial charge < -0.3 is 9.64 Å². The van der Waals surface area contributed by atoms with Gasteiger partial charge in [0.1, 0.15) is 5.60 Å². The average Bonchev–Trinajstić information content (AvgIpc) is 3.37. The molecule has 1 fully saturated rings. The van der Waals surface area contributed by atoms with E-state index in [1.165, 1.54) is 0 Å². The van der Waals surface area contributed by atoms with E-state index in [1.807, 2.05) is 50.1 Å². The summed E-state index contributed by atoms with van der Waals surface area (Å²) in [7, 11) is 0. The molecule has 1 spiro atoms. The first-order valence-corrected chi connectivity index (χ1v) is 11.3. The number of ketones is 1. The summed E-state index contributed by atoms with van der Waals surface area (Å²) < 4.78 is 8.16. The minimum atomic E-state index is -0.559. The Bertz CT molecular complexity index is 1210. The number of rotatable bonds is 2. The van der Waals surface area contributed by atoms with Crippen LogP contribution in [0.5, 0.6) is 5.75 Å². The molecule has 8 heteroatoms. The number of hydrogen-bond donors (Lipinski definition) is 1. The molecule has 8 nitrogen and oxygen atoms in total. The standard InChI is InChI=1S/C24H29N5O3/c1-5-17-16-12-15(6-7-18(16)26-25-17)22(31)28-10-8-24(9-11-28)13-19(30)21-20(32-24)14-29(27-21)23(2,3)4/h6-7,12,14H,5,8-11,13H2,1-4H3,(H,25,26). The Morgan fingerprint density at radius 2 is 2.00 bits per heavy atom. The largest absolute Gasteiger partial charge is 0.483 e. The van der Waals surface area contributed by atoms with Gasteiger partial charge in [-0.1, -0.05) is 6.92 Å². The zero-order chi connectivity index (χ0) is 22.7. The van der Waals surface area contributed by atoms with E-state index in [0.29, 0.717) is 49.4 Å². The van der Waals surface area contributed by atoms with Crippen LogP contribution in [0.1, 0.15) is 73.5 Å². The predicted octanol–water partition coefficient (Wildman–Crippen LogP) is 3.72. The Morgan fingerprint density at radius 1 is 1.25 bits per heavy atom. The van der Waals surface area contributed by atoms with E-state index >= 15 is 0 Å². The van der Waals surface area contributed by atoms with Crippen LogP contribution in [-0.2, 0) is 12.0 Å². The first kappa shape index (κ1) is 20.7. The van der Waals surface area contributed by atoms with Crippen LogP contribution in [-0.4, -0.2) is 55.3 Å². The number of piperidine rings is 1. The predicted molar refractivity (Wildman–Crippen MR) is 120 cm³/mol. The van der Waals surface area contributed by atoms with E-state index in [1.54, 1.807) is 4.68 Å². The molecular weight excluding hydrogens is 406 g/mol.